The first-order chi connectivity index (χ1) is 8.50. The van der Waals surface area contributed by atoms with Gasteiger partial charge >= 0.3 is 0 Å². The van der Waals surface area contributed by atoms with Crippen LogP contribution in [0.4, 0.5) is 0 Å². The van der Waals surface area contributed by atoms with Crippen LogP contribution in [0.1, 0.15) is 24.4 Å². The fraction of sp³-hybridized carbons (Fsp3) is 0.364. The van der Waals surface area contributed by atoms with Crippen molar-refractivity contribution in [2.75, 3.05) is 0 Å². The summed E-state index contributed by atoms with van der Waals surface area (Å²) < 4.78 is 0. The van der Waals surface area contributed by atoms with E-state index in [1.54, 1.807) is 18.2 Å². The predicted molar refractivity (Wildman–Crippen MR) is 67.4 cm³/mol. The van der Waals surface area contributed by atoms with Crippen molar-refractivity contribution >= 4 is 29.1 Å². The monoisotopic (exact) mass is 288 g/mol. The molecule has 2 atom stereocenters. The van der Waals surface area contributed by atoms with Crippen LogP contribution < -0.4 is 5.32 Å². The Kier molecular flexibility index (Phi) is 3.73. The molecule has 1 aromatic rings. The molecule has 0 bridgehead atoms. The lowest BCUT2D eigenvalue weighted by Crippen LogP contribution is -2.45. The van der Waals surface area contributed by atoms with Gasteiger partial charge in [-0.2, -0.15) is 0 Å². The van der Waals surface area contributed by atoms with Crippen LogP contribution in [0.3, 0.4) is 0 Å². The van der Waals surface area contributed by atoms with E-state index in [2.05, 4.69) is 5.32 Å². The predicted octanol–water partition coefficient (Wildman–Crippen LogP) is 2.59. The summed E-state index contributed by atoms with van der Waals surface area (Å²) in [6.45, 7) is 0. The normalized spacial score (nSPS) is 23.6. The Bertz CT molecular complexity index is 507. The SMILES string of the molecule is O=C1CC[C@H]([N+](=O)[O-])[C@@H](c2cccc(Cl)c2Cl)N1. The van der Waals surface area contributed by atoms with Crippen LogP contribution in [0.15, 0.2) is 18.2 Å². The topological polar surface area (TPSA) is 72.2 Å². The van der Waals surface area contributed by atoms with Crippen LogP contribution in [-0.2, 0) is 4.79 Å². The van der Waals surface area contributed by atoms with Gasteiger partial charge in [0.2, 0.25) is 11.9 Å². The molecule has 96 valence electrons. The lowest BCUT2D eigenvalue weighted by atomic mass is 9.92. The molecule has 0 aliphatic carbocycles. The molecule has 1 heterocycles. The standard InChI is InChI=1S/C11H10Cl2N2O3/c12-7-3-1-2-6(10(7)13)11-8(15(17)18)4-5-9(16)14-11/h1-3,8,11H,4-5H2,(H,14,16)/t8-,11+/m0/s1. The third-order valence-electron chi connectivity index (χ3n) is 2.96. The number of hydrogen-bond acceptors (Lipinski definition) is 3. The van der Waals surface area contributed by atoms with Crippen molar-refractivity contribution in [2.45, 2.75) is 24.9 Å². The largest absolute Gasteiger partial charge is 0.343 e. The zero-order valence-corrected chi connectivity index (χ0v) is 10.7. The number of halogens is 2. The van der Waals surface area contributed by atoms with Crippen LogP contribution >= 0.6 is 23.2 Å². The quantitative estimate of drug-likeness (QED) is 0.671. The van der Waals surface area contributed by atoms with Crippen LogP contribution in [0.2, 0.25) is 10.0 Å². The summed E-state index contributed by atoms with van der Waals surface area (Å²) in [6, 6.07) is 3.28. The summed E-state index contributed by atoms with van der Waals surface area (Å²) in [6.07, 6.45) is 0.354. The lowest BCUT2D eigenvalue weighted by Gasteiger charge is -2.27. The second kappa shape index (κ2) is 5.12. The Morgan fingerprint density at radius 3 is 2.78 bits per heavy atom. The van der Waals surface area contributed by atoms with E-state index >= 15 is 0 Å². The molecule has 18 heavy (non-hydrogen) atoms. The molecular formula is C11H10Cl2N2O3. The number of amides is 1. The Morgan fingerprint density at radius 1 is 1.39 bits per heavy atom. The van der Waals surface area contributed by atoms with Gasteiger partial charge in [-0.25, -0.2) is 0 Å². The molecule has 0 spiro atoms. The lowest BCUT2D eigenvalue weighted by molar-refractivity contribution is -0.529. The molecule has 1 aliphatic heterocycles. The zero-order valence-electron chi connectivity index (χ0n) is 9.23. The van der Waals surface area contributed by atoms with E-state index in [-0.39, 0.29) is 28.7 Å². The van der Waals surface area contributed by atoms with E-state index in [9.17, 15) is 14.9 Å². The van der Waals surface area contributed by atoms with Crippen molar-refractivity contribution in [3.05, 3.63) is 43.9 Å². The molecule has 0 aromatic heterocycles. The summed E-state index contributed by atoms with van der Waals surface area (Å²) in [7, 11) is 0. The van der Waals surface area contributed by atoms with Gasteiger partial charge in [0.25, 0.3) is 0 Å². The highest BCUT2D eigenvalue weighted by Crippen LogP contribution is 2.34. The Hall–Kier alpha value is -1.33. The minimum atomic E-state index is -0.876. The van der Waals surface area contributed by atoms with Gasteiger partial charge < -0.3 is 5.32 Å². The maximum atomic E-state index is 11.4. The third kappa shape index (κ3) is 2.42. The van der Waals surface area contributed by atoms with Crippen LogP contribution in [-0.4, -0.2) is 16.9 Å². The average Bonchev–Trinajstić information content (AvgIpc) is 2.32. The summed E-state index contributed by atoms with van der Waals surface area (Å²) in [5.74, 6) is -0.214. The highest BCUT2D eigenvalue weighted by atomic mass is 35.5. The van der Waals surface area contributed by atoms with E-state index in [4.69, 9.17) is 23.2 Å². The second-order valence-corrected chi connectivity index (χ2v) is 4.86. The van der Waals surface area contributed by atoms with Crippen molar-refractivity contribution in [1.29, 1.82) is 0 Å². The van der Waals surface area contributed by atoms with E-state index < -0.39 is 12.1 Å². The van der Waals surface area contributed by atoms with Crippen molar-refractivity contribution in [3.8, 4) is 0 Å². The molecule has 1 aromatic carbocycles. The van der Waals surface area contributed by atoms with E-state index in [0.29, 0.717) is 10.6 Å². The van der Waals surface area contributed by atoms with Crippen LogP contribution in [0.25, 0.3) is 0 Å². The molecule has 1 amide bonds. The van der Waals surface area contributed by atoms with Gasteiger partial charge in [0.1, 0.15) is 6.04 Å². The zero-order chi connectivity index (χ0) is 13.3. The number of piperidine rings is 1. The molecule has 0 unspecified atom stereocenters. The van der Waals surface area contributed by atoms with Crippen molar-refractivity contribution < 1.29 is 9.72 Å². The van der Waals surface area contributed by atoms with Gasteiger partial charge in [0.05, 0.1) is 10.0 Å². The molecule has 1 saturated heterocycles. The van der Waals surface area contributed by atoms with E-state index in [0.717, 1.165) is 0 Å². The van der Waals surface area contributed by atoms with Crippen molar-refractivity contribution in [1.82, 2.24) is 5.32 Å². The van der Waals surface area contributed by atoms with Gasteiger partial charge in [-0.15, -0.1) is 0 Å². The number of nitrogens with one attached hydrogen (secondary N) is 1. The minimum absolute atomic E-state index is 0.153. The molecule has 1 aliphatic rings. The fourth-order valence-electron chi connectivity index (χ4n) is 2.06. The van der Waals surface area contributed by atoms with Gasteiger partial charge in [0, 0.05) is 23.3 Å². The van der Waals surface area contributed by atoms with Gasteiger partial charge in [-0.3, -0.25) is 14.9 Å². The molecular weight excluding hydrogens is 279 g/mol. The summed E-state index contributed by atoms with van der Waals surface area (Å²) in [5, 5.41) is 14.2. The molecule has 0 radical (unpaired) electrons. The molecule has 2 rings (SSSR count). The smallest absolute Gasteiger partial charge is 0.237 e. The Morgan fingerprint density at radius 2 is 2.11 bits per heavy atom. The third-order valence-corrected chi connectivity index (χ3v) is 3.79. The summed E-state index contributed by atoms with van der Waals surface area (Å²) >= 11 is 11.9. The first-order valence-corrected chi connectivity index (χ1v) is 6.13. The van der Waals surface area contributed by atoms with Crippen molar-refractivity contribution in [2.24, 2.45) is 0 Å². The Labute approximate surface area is 113 Å². The van der Waals surface area contributed by atoms with Gasteiger partial charge in [-0.05, 0) is 6.07 Å². The fourth-order valence-corrected chi connectivity index (χ4v) is 2.49. The van der Waals surface area contributed by atoms with Gasteiger partial charge in [-0.1, -0.05) is 35.3 Å². The number of nitrogens with zero attached hydrogens (tertiary/aromatic N) is 1. The molecule has 1 fully saturated rings. The molecule has 7 heteroatoms. The maximum Gasteiger partial charge on any atom is 0.237 e. The van der Waals surface area contributed by atoms with Crippen LogP contribution in [0.5, 0.6) is 0 Å². The maximum absolute atomic E-state index is 11.4. The second-order valence-electron chi connectivity index (χ2n) is 4.08. The number of rotatable bonds is 2. The Balaban J connectivity index is 2.41. The average molecular weight is 289 g/mol. The highest BCUT2D eigenvalue weighted by molar-refractivity contribution is 6.42. The summed E-state index contributed by atoms with van der Waals surface area (Å²) in [4.78, 5) is 22.0. The number of hydrogen-bond donors (Lipinski definition) is 1. The molecule has 0 saturated carbocycles. The molecule has 1 N–H and O–H groups in total. The first-order valence-electron chi connectivity index (χ1n) is 5.37. The summed E-state index contributed by atoms with van der Waals surface area (Å²) in [5.41, 5.74) is 0.485. The van der Waals surface area contributed by atoms with Gasteiger partial charge in [0.15, 0.2) is 0 Å². The highest BCUT2D eigenvalue weighted by Gasteiger charge is 2.39. The number of carbonyl (C=O) groups excluding carboxylic acids is 1. The molecule has 5 nitrogen and oxygen atoms in total. The first kappa shape index (κ1) is 13.1. The van der Waals surface area contributed by atoms with E-state index in [1.165, 1.54) is 0 Å². The van der Waals surface area contributed by atoms with Crippen molar-refractivity contribution in [3.63, 3.8) is 0 Å². The van der Waals surface area contributed by atoms with E-state index in [1.807, 2.05) is 0 Å². The number of carbonyl (C=O) groups is 1. The van der Waals surface area contributed by atoms with Crippen LogP contribution in [0, 0.1) is 10.1 Å². The minimum Gasteiger partial charge on any atom is -0.343 e. The number of nitro groups is 1. The number of benzene rings is 1.